The third-order valence-corrected chi connectivity index (χ3v) is 14.4. The number of aromatic nitrogens is 4. The second-order valence-corrected chi connectivity index (χ2v) is 24.6. The summed E-state index contributed by atoms with van der Waals surface area (Å²) in [6.45, 7) is 22.5. The zero-order chi connectivity index (χ0) is 45.6. The molecule has 0 amide bonds. The second kappa shape index (κ2) is 18.6. The Bertz CT molecular complexity index is 3340. The van der Waals surface area contributed by atoms with Gasteiger partial charge in [0.1, 0.15) is 0 Å². The second-order valence-electron chi connectivity index (χ2n) is 19.5. The maximum atomic E-state index is 5.85. The minimum atomic E-state index is -1.37. The summed E-state index contributed by atoms with van der Waals surface area (Å²) in [5.41, 5.74) is 17.4. The van der Waals surface area contributed by atoms with E-state index >= 15 is 0 Å². The van der Waals surface area contributed by atoms with E-state index in [9.17, 15) is 0 Å². The Kier molecular flexibility index (Phi) is 13.0. The molecule has 0 saturated heterocycles. The minimum absolute atomic E-state index is 0. The van der Waals surface area contributed by atoms with Crippen LogP contribution in [0.25, 0.3) is 83.7 Å². The molecule has 10 aromatic rings. The van der Waals surface area contributed by atoms with Crippen molar-refractivity contribution in [1.29, 1.82) is 0 Å². The fraction of sp³-hybridized carbons (Fsp3) is 0.203. The number of fused-ring (bicyclic) bond motifs is 4. The fourth-order valence-corrected chi connectivity index (χ4v) is 10.5. The summed E-state index contributed by atoms with van der Waals surface area (Å²) in [6, 6.07) is 58.2. The number of aryl methyl sites for hydroxylation is 2. The van der Waals surface area contributed by atoms with Crippen LogP contribution in [0.2, 0.25) is 19.6 Å². The van der Waals surface area contributed by atoms with Crippen molar-refractivity contribution in [3.05, 3.63) is 186 Å². The van der Waals surface area contributed by atoms with Gasteiger partial charge >= 0.3 is 0 Å². The number of nitrogens with zero attached hydrogens (tertiary/aromatic N) is 4. The van der Waals surface area contributed by atoms with Crippen LogP contribution in [0.5, 0.6) is 0 Å². The summed E-state index contributed by atoms with van der Waals surface area (Å²) in [7, 11) is -1.37. The van der Waals surface area contributed by atoms with Crippen molar-refractivity contribution in [3.8, 4) is 50.6 Å². The number of furan rings is 1. The van der Waals surface area contributed by atoms with Crippen LogP contribution in [0.4, 0.5) is 0 Å². The van der Waals surface area contributed by atoms with Gasteiger partial charge in [-0.3, -0.25) is 4.98 Å². The van der Waals surface area contributed by atoms with Crippen LogP contribution in [0.15, 0.2) is 156 Å². The predicted octanol–water partition coefficient (Wildman–Crippen LogP) is 15.3. The van der Waals surface area contributed by atoms with Gasteiger partial charge in [-0.25, -0.2) is 4.98 Å². The molecule has 66 heavy (non-hydrogen) atoms. The van der Waals surface area contributed by atoms with E-state index in [1.165, 1.54) is 49.8 Å². The Balaban J connectivity index is 0.000000196. The fourth-order valence-electron chi connectivity index (χ4n) is 8.81. The number of hydrogen-bond donors (Lipinski definition) is 0. The number of para-hydroxylation sites is 2. The third-order valence-electron chi connectivity index (χ3n) is 12.3. The molecule has 0 N–H and O–H groups in total. The minimum Gasteiger partial charge on any atom is -0.486 e. The van der Waals surface area contributed by atoms with Crippen LogP contribution in [-0.4, -0.2) is 27.6 Å². The van der Waals surface area contributed by atoms with Gasteiger partial charge in [0.2, 0.25) is 5.71 Å². The summed E-state index contributed by atoms with van der Waals surface area (Å²) in [4.78, 5) is 14.4. The molecule has 6 aromatic carbocycles. The molecule has 333 valence electrons. The van der Waals surface area contributed by atoms with Gasteiger partial charge in [-0.2, -0.15) is 0 Å². The molecule has 0 spiro atoms. The summed E-state index contributed by atoms with van der Waals surface area (Å²) < 4.78 is 8.23. The SMILES string of the molecule is CC(C)c1cc(-c2ccccc2)cc(-c2ccccc2)c1-n1c(-c2[c-]ccc(C(C)(C)C)c2)nc2ccccc21.Cc1ccc2c(n1)oc1c[c-]c(-c3cc(C)c([Si](C)(C)C)cn3)cc12.[Ir]. The maximum Gasteiger partial charge on any atom is 0.216 e. The molecular weight excluding hydrogens is 1000 g/mol. The largest absolute Gasteiger partial charge is 0.486 e. The van der Waals surface area contributed by atoms with E-state index in [0.29, 0.717) is 11.6 Å². The Labute approximate surface area is 404 Å². The van der Waals surface area contributed by atoms with Crippen molar-refractivity contribution in [2.75, 3.05) is 0 Å². The van der Waals surface area contributed by atoms with Crippen LogP contribution in [0, 0.1) is 26.0 Å². The summed E-state index contributed by atoms with van der Waals surface area (Å²) in [5, 5.41) is 3.50. The first-order valence-electron chi connectivity index (χ1n) is 22.6. The molecular formula is C59H56IrN4OSi-2. The first-order valence-corrected chi connectivity index (χ1v) is 26.1. The van der Waals surface area contributed by atoms with E-state index in [1.807, 2.05) is 31.3 Å². The van der Waals surface area contributed by atoms with Gasteiger partial charge in [-0.1, -0.05) is 144 Å². The molecule has 4 heterocycles. The molecule has 0 aliphatic carbocycles. The van der Waals surface area contributed by atoms with E-state index in [4.69, 9.17) is 14.4 Å². The van der Waals surface area contributed by atoms with Crippen molar-refractivity contribution < 1.29 is 24.5 Å². The summed E-state index contributed by atoms with van der Waals surface area (Å²) in [5.74, 6) is 1.21. The molecule has 0 saturated carbocycles. The van der Waals surface area contributed by atoms with Crippen LogP contribution < -0.4 is 5.19 Å². The number of rotatable bonds is 7. The quantitative estimate of drug-likeness (QED) is 0.118. The van der Waals surface area contributed by atoms with Crippen LogP contribution in [0.3, 0.4) is 0 Å². The van der Waals surface area contributed by atoms with Crippen LogP contribution >= 0.6 is 0 Å². The molecule has 0 bridgehead atoms. The van der Waals surface area contributed by atoms with Crippen molar-refractivity contribution in [3.63, 3.8) is 0 Å². The Morgan fingerprint density at radius 1 is 0.682 bits per heavy atom. The predicted molar refractivity (Wildman–Crippen MR) is 275 cm³/mol. The van der Waals surface area contributed by atoms with E-state index in [-0.39, 0.29) is 25.5 Å². The Morgan fingerprint density at radius 3 is 2.06 bits per heavy atom. The van der Waals surface area contributed by atoms with Crippen molar-refractivity contribution >= 4 is 46.4 Å². The van der Waals surface area contributed by atoms with Gasteiger partial charge in [0.15, 0.2) is 0 Å². The van der Waals surface area contributed by atoms with Crippen molar-refractivity contribution in [2.24, 2.45) is 0 Å². The molecule has 0 unspecified atom stereocenters. The third kappa shape index (κ3) is 9.26. The number of pyridine rings is 2. The smallest absolute Gasteiger partial charge is 0.216 e. The summed E-state index contributed by atoms with van der Waals surface area (Å²) >= 11 is 0. The van der Waals surface area contributed by atoms with Gasteiger partial charge < -0.3 is 14.0 Å². The monoisotopic (exact) mass is 1060 g/mol. The molecule has 7 heteroatoms. The number of imidazole rings is 1. The standard InChI is InChI=1S/C38H35N2.C21H21N2OSi.Ir/c1-26(2)32-24-30(27-15-8-6-9-16-27)25-33(28-17-10-7-11-18-28)36(32)40-35-22-13-12-21-34(35)39-37(40)29-19-14-20-31(23-29)38(3,4)5;1-13-10-18(22-12-20(13)25(3,4)5)15-7-9-19-17(11-15)16-8-6-14(2)23-21(16)24-19;/h6-18,20-26H,1-5H3;6,8-12H,1-5H3;/q2*-1;. The maximum absolute atomic E-state index is 5.85. The van der Waals surface area contributed by atoms with Crippen LogP contribution in [0.1, 0.15) is 62.9 Å². The average Bonchev–Trinajstić information content (AvgIpc) is 3.86. The van der Waals surface area contributed by atoms with Crippen molar-refractivity contribution in [1.82, 2.24) is 19.5 Å². The Morgan fingerprint density at radius 2 is 1.38 bits per heavy atom. The molecule has 1 radical (unpaired) electrons. The molecule has 10 rings (SSSR count). The van der Waals surface area contributed by atoms with Gasteiger partial charge in [0, 0.05) is 48.6 Å². The van der Waals surface area contributed by atoms with E-state index < -0.39 is 8.07 Å². The average molecular weight is 1060 g/mol. The van der Waals surface area contributed by atoms with Crippen LogP contribution in [-0.2, 0) is 25.5 Å². The van der Waals surface area contributed by atoms with Gasteiger partial charge in [-0.15, -0.1) is 59.2 Å². The van der Waals surface area contributed by atoms with Gasteiger partial charge in [0.25, 0.3) is 0 Å². The van der Waals surface area contributed by atoms with Gasteiger partial charge in [0.05, 0.1) is 30.5 Å². The van der Waals surface area contributed by atoms with E-state index in [0.717, 1.165) is 55.7 Å². The number of hydrogen-bond acceptors (Lipinski definition) is 4. The zero-order valence-electron chi connectivity index (χ0n) is 39.5. The zero-order valence-corrected chi connectivity index (χ0v) is 42.9. The normalized spacial score (nSPS) is 11.8. The summed E-state index contributed by atoms with van der Waals surface area (Å²) in [6.07, 6.45) is 2.05. The first kappa shape index (κ1) is 46.3. The molecule has 5 nitrogen and oxygen atoms in total. The topological polar surface area (TPSA) is 56.7 Å². The van der Waals surface area contributed by atoms with Gasteiger partial charge in [-0.05, 0) is 94.7 Å². The van der Waals surface area contributed by atoms with E-state index in [1.54, 1.807) is 0 Å². The Hall–Kier alpha value is -6.24. The van der Waals surface area contributed by atoms with E-state index in [2.05, 4.69) is 210 Å². The molecule has 4 aromatic heterocycles. The molecule has 0 atom stereocenters. The number of benzene rings is 6. The first-order chi connectivity index (χ1) is 31.1. The van der Waals surface area contributed by atoms with Crippen molar-refractivity contribution in [2.45, 2.75) is 79.4 Å². The molecule has 0 aliphatic heterocycles. The molecule has 0 fully saturated rings. The molecule has 0 aliphatic rings.